The van der Waals surface area contributed by atoms with Crippen LogP contribution in [-0.4, -0.2) is 27.9 Å². The van der Waals surface area contributed by atoms with Crippen molar-refractivity contribution in [2.45, 2.75) is 26.7 Å². The van der Waals surface area contributed by atoms with E-state index in [-0.39, 0.29) is 23.8 Å². The van der Waals surface area contributed by atoms with E-state index in [1.54, 1.807) is 6.07 Å². The summed E-state index contributed by atoms with van der Waals surface area (Å²) >= 11 is 0. The Morgan fingerprint density at radius 3 is 2.63 bits per heavy atom. The monoisotopic (exact) mass is 264 g/mol. The van der Waals surface area contributed by atoms with Crippen LogP contribution < -0.4 is 0 Å². The number of aromatic hydroxyl groups is 1. The van der Waals surface area contributed by atoms with Crippen molar-refractivity contribution in [3.8, 4) is 5.75 Å². The number of hydrogen-bond acceptors (Lipinski definition) is 3. The molecule has 0 fully saturated rings. The van der Waals surface area contributed by atoms with E-state index in [1.165, 1.54) is 12.1 Å². The molecule has 19 heavy (non-hydrogen) atoms. The van der Waals surface area contributed by atoms with Gasteiger partial charge in [0.1, 0.15) is 5.75 Å². The van der Waals surface area contributed by atoms with Gasteiger partial charge in [0.25, 0.3) is 0 Å². The predicted octanol–water partition coefficient (Wildman–Crippen LogP) is 2.90. The highest BCUT2D eigenvalue weighted by Crippen LogP contribution is 2.26. The maximum Gasteiger partial charge on any atom is 0.335 e. The second-order valence-electron chi connectivity index (χ2n) is 4.79. The number of aliphatic hydroxyl groups excluding tert-OH is 1. The first-order valence-corrected chi connectivity index (χ1v) is 6.30. The van der Waals surface area contributed by atoms with Crippen LogP contribution in [0.3, 0.4) is 0 Å². The largest absolute Gasteiger partial charge is 0.507 e. The average molecular weight is 264 g/mol. The van der Waals surface area contributed by atoms with Crippen molar-refractivity contribution in [2.24, 2.45) is 5.92 Å². The van der Waals surface area contributed by atoms with Crippen LogP contribution in [0, 0.1) is 5.92 Å². The molecule has 0 unspecified atom stereocenters. The molecule has 1 aromatic carbocycles. The molecular formula is C15H20O4. The van der Waals surface area contributed by atoms with Crippen LogP contribution in [0.25, 0.3) is 5.57 Å². The Kier molecular flexibility index (Phi) is 5.57. The van der Waals surface area contributed by atoms with Gasteiger partial charge in [0.15, 0.2) is 0 Å². The van der Waals surface area contributed by atoms with Gasteiger partial charge in [-0.2, -0.15) is 0 Å². The first kappa shape index (κ1) is 15.2. The Bertz CT molecular complexity index is 477. The van der Waals surface area contributed by atoms with Crippen molar-refractivity contribution in [3.63, 3.8) is 0 Å². The minimum absolute atomic E-state index is 0.0242. The second kappa shape index (κ2) is 6.95. The maximum atomic E-state index is 10.8. The lowest BCUT2D eigenvalue weighted by atomic mass is 10.0. The molecule has 1 rings (SSSR count). The number of aromatic carboxylic acids is 1. The Hall–Kier alpha value is -1.81. The van der Waals surface area contributed by atoms with Crippen LogP contribution in [0.4, 0.5) is 0 Å². The van der Waals surface area contributed by atoms with Gasteiger partial charge in [-0.05, 0) is 43.4 Å². The summed E-state index contributed by atoms with van der Waals surface area (Å²) in [5.41, 5.74) is 1.61. The zero-order valence-corrected chi connectivity index (χ0v) is 11.3. The number of benzene rings is 1. The van der Waals surface area contributed by atoms with Gasteiger partial charge in [0.05, 0.1) is 5.56 Å². The molecule has 3 N–H and O–H groups in total. The van der Waals surface area contributed by atoms with Gasteiger partial charge in [-0.3, -0.25) is 0 Å². The van der Waals surface area contributed by atoms with Crippen molar-refractivity contribution in [3.05, 3.63) is 35.4 Å². The Balaban J connectivity index is 2.79. The van der Waals surface area contributed by atoms with Gasteiger partial charge in [-0.1, -0.05) is 19.1 Å². The molecule has 1 atom stereocenters. The van der Waals surface area contributed by atoms with Crippen molar-refractivity contribution in [1.29, 1.82) is 0 Å². The lowest BCUT2D eigenvalue weighted by molar-refractivity contribution is 0.0696. The Morgan fingerprint density at radius 2 is 2.11 bits per heavy atom. The van der Waals surface area contributed by atoms with Crippen LogP contribution in [-0.2, 0) is 0 Å². The van der Waals surface area contributed by atoms with Gasteiger partial charge in [-0.25, -0.2) is 4.79 Å². The molecule has 0 heterocycles. The fourth-order valence-corrected chi connectivity index (χ4v) is 1.78. The Morgan fingerprint density at radius 1 is 1.42 bits per heavy atom. The fraction of sp³-hybridized carbons (Fsp3) is 0.400. The van der Waals surface area contributed by atoms with Crippen LogP contribution in [0.15, 0.2) is 24.3 Å². The first-order chi connectivity index (χ1) is 8.95. The molecule has 0 aromatic heterocycles. The number of hydrogen-bond donors (Lipinski definition) is 3. The van der Waals surface area contributed by atoms with Crippen LogP contribution in [0.2, 0.25) is 0 Å². The van der Waals surface area contributed by atoms with E-state index in [0.717, 1.165) is 18.4 Å². The van der Waals surface area contributed by atoms with Crippen molar-refractivity contribution >= 4 is 11.5 Å². The first-order valence-electron chi connectivity index (χ1n) is 6.30. The quantitative estimate of drug-likeness (QED) is 0.738. The maximum absolute atomic E-state index is 10.8. The highest BCUT2D eigenvalue weighted by atomic mass is 16.4. The van der Waals surface area contributed by atoms with Gasteiger partial charge in [0, 0.05) is 12.2 Å². The summed E-state index contributed by atoms with van der Waals surface area (Å²) in [7, 11) is 0. The molecule has 0 saturated heterocycles. The van der Waals surface area contributed by atoms with E-state index in [9.17, 15) is 9.90 Å². The van der Waals surface area contributed by atoms with Crippen LogP contribution >= 0.6 is 0 Å². The third kappa shape index (κ3) is 4.41. The highest BCUT2D eigenvalue weighted by molar-refractivity contribution is 5.89. The molecule has 0 radical (unpaired) electrons. The topological polar surface area (TPSA) is 77.8 Å². The minimum atomic E-state index is -1.06. The van der Waals surface area contributed by atoms with E-state index in [1.807, 2.05) is 19.9 Å². The van der Waals surface area contributed by atoms with E-state index in [2.05, 4.69) is 0 Å². The zero-order chi connectivity index (χ0) is 14.4. The number of carboxylic acids is 1. The molecular weight excluding hydrogens is 244 g/mol. The molecule has 0 spiro atoms. The smallest absolute Gasteiger partial charge is 0.335 e. The lowest BCUT2D eigenvalue weighted by Crippen LogP contribution is -1.99. The van der Waals surface area contributed by atoms with Crippen LogP contribution in [0.5, 0.6) is 5.75 Å². The van der Waals surface area contributed by atoms with Gasteiger partial charge < -0.3 is 15.3 Å². The van der Waals surface area contributed by atoms with Crippen molar-refractivity contribution in [1.82, 2.24) is 0 Å². The molecule has 104 valence electrons. The van der Waals surface area contributed by atoms with E-state index in [4.69, 9.17) is 10.2 Å². The molecule has 0 aliphatic carbocycles. The summed E-state index contributed by atoms with van der Waals surface area (Å²) in [6.45, 7) is 4.02. The Labute approximate surface area is 113 Å². The summed E-state index contributed by atoms with van der Waals surface area (Å²) in [6.07, 6.45) is 3.68. The number of carbonyl (C=O) groups is 1. The molecule has 1 aromatic rings. The van der Waals surface area contributed by atoms with Gasteiger partial charge >= 0.3 is 5.97 Å². The molecule has 4 nitrogen and oxygen atoms in total. The molecule has 0 bridgehead atoms. The van der Waals surface area contributed by atoms with Crippen LogP contribution in [0.1, 0.15) is 42.6 Å². The average Bonchev–Trinajstić information content (AvgIpc) is 2.37. The zero-order valence-electron chi connectivity index (χ0n) is 11.3. The van der Waals surface area contributed by atoms with E-state index >= 15 is 0 Å². The van der Waals surface area contributed by atoms with E-state index in [0.29, 0.717) is 5.56 Å². The number of rotatable bonds is 6. The lowest BCUT2D eigenvalue weighted by Gasteiger charge is -2.08. The highest BCUT2D eigenvalue weighted by Gasteiger charge is 2.08. The standard InChI is InChI=1S/C15H20O4/c1-10(9-16)4-3-5-11(2)13-7-6-12(15(18)19)8-14(13)17/h5-8,10,16-17H,3-4,9H2,1-2H3,(H,18,19)/b11-5-/t10-/m0/s1. The number of carboxylic acid groups (broad SMARTS) is 1. The third-order valence-electron chi connectivity index (χ3n) is 3.09. The summed E-state index contributed by atoms with van der Waals surface area (Å²) in [5, 5.41) is 27.6. The summed E-state index contributed by atoms with van der Waals surface area (Å²) in [5.74, 6) is -0.823. The number of aliphatic hydroxyl groups is 1. The fourth-order valence-electron chi connectivity index (χ4n) is 1.78. The molecule has 4 heteroatoms. The molecule has 0 amide bonds. The normalized spacial score (nSPS) is 13.3. The second-order valence-corrected chi connectivity index (χ2v) is 4.79. The minimum Gasteiger partial charge on any atom is -0.507 e. The predicted molar refractivity (Wildman–Crippen MR) is 74.2 cm³/mol. The summed E-state index contributed by atoms with van der Waals surface area (Å²) in [6, 6.07) is 4.34. The summed E-state index contributed by atoms with van der Waals surface area (Å²) < 4.78 is 0. The van der Waals surface area contributed by atoms with Gasteiger partial charge in [-0.15, -0.1) is 0 Å². The van der Waals surface area contributed by atoms with E-state index < -0.39 is 5.97 Å². The number of phenolic OH excluding ortho intramolecular Hbond substituents is 1. The molecule has 0 saturated carbocycles. The summed E-state index contributed by atoms with van der Waals surface area (Å²) in [4.78, 5) is 10.8. The van der Waals surface area contributed by atoms with Gasteiger partial charge in [0.2, 0.25) is 0 Å². The van der Waals surface area contributed by atoms with Crippen molar-refractivity contribution in [2.75, 3.05) is 6.61 Å². The van der Waals surface area contributed by atoms with Crippen molar-refractivity contribution < 1.29 is 20.1 Å². The SMILES string of the molecule is C/C(=C/CC[C@H](C)CO)c1ccc(C(=O)O)cc1O. The number of phenols is 1. The molecule has 0 aliphatic heterocycles. The third-order valence-corrected chi connectivity index (χ3v) is 3.09. The molecule has 0 aliphatic rings. The number of allylic oxidation sites excluding steroid dienone is 2.